The summed E-state index contributed by atoms with van der Waals surface area (Å²) in [4.78, 5) is 0. The van der Waals surface area contributed by atoms with Gasteiger partial charge >= 0.3 is 0 Å². The SMILES string of the molecule is CC.CC1C=CSCC1. The smallest absolute Gasteiger partial charge is 0.00206 e. The minimum atomic E-state index is 0.834. The summed E-state index contributed by atoms with van der Waals surface area (Å²) in [6.07, 6.45) is 3.63. The molecule has 0 saturated carbocycles. The molecule has 0 amide bonds. The number of thioether (sulfide) groups is 1. The van der Waals surface area contributed by atoms with Crippen molar-refractivity contribution in [2.24, 2.45) is 5.92 Å². The van der Waals surface area contributed by atoms with E-state index >= 15 is 0 Å². The van der Waals surface area contributed by atoms with Gasteiger partial charge in [-0.05, 0) is 23.5 Å². The quantitative estimate of drug-likeness (QED) is 0.502. The van der Waals surface area contributed by atoms with Crippen molar-refractivity contribution in [3.8, 4) is 0 Å². The highest BCUT2D eigenvalue weighted by Gasteiger charge is 1.99. The molecule has 0 aliphatic carbocycles. The number of hydrogen-bond acceptors (Lipinski definition) is 1. The van der Waals surface area contributed by atoms with Gasteiger partial charge in [-0.15, -0.1) is 11.8 Å². The van der Waals surface area contributed by atoms with E-state index in [0.717, 1.165) is 5.92 Å². The second kappa shape index (κ2) is 6.21. The third-order valence-electron chi connectivity index (χ3n) is 1.19. The molecule has 0 radical (unpaired) electrons. The standard InChI is InChI=1S/C6H10S.C2H6/c1-6-2-4-7-5-3-6;1-2/h2,4,6H,3,5H2,1H3;1-2H3. The fraction of sp³-hybridized carbons (Fsp3) is 0.750. The van der Waals surface area contributed by atoms with Crippen LogP contribution in [0.4, 0.5) is 0 Å². The van der Waals surface area contributed by atoms with E-state index in [1.165, 1.54) is 12.2 Å². The first-order valence-corrected chi connectivity index (χ1v) is 4.73. The normalized spacial score (nSPS) is 24.6. The first-order chi connectivity index (χ1) is 4.39. The fourth-order valence-electron chi connectivity index (χ4n) is 0.608. The summed E-state index contributed by atoms with van der Waals surface area (Å²) in [5, 5.41) is 2.20. The Labute approximate surface area is 62.7 Å². The summed E-state index contributed by atoms with van der Waals surface area (Å²) in [6.45, 7) is 6.26. The predicted octanol–water partition coefficient (Wildman–Crippen LogP) is 3.30. The van der Waals surface area contributed by atoms with Crippen LogP contribution in [0.5, 0.6) is 0 Å². The Bertz CT molecular complexity index is 76.6. The predicted molar refractivity (Wildman–Crippen MR) is 46.7 cm³/mol. The zero-order valence-electron chi connectivity index (χ0n) is 6.55. The van der Waals surface area contributed by atoms with Gasteiger partial charge < -0.3 is 0 Å². The summed E-state index contributed by atoms with van der Waals surface area (Å²) >= 11 is 1.92. The van der Waals surface area contributed by atoms with Crippen molar-refractivity contribution >= 4 is 11.8 Å². The molecule has 54 valence electrons. The molecule has 0 nitrogen and oxygen atoms in total. The Morgan fingerprint density at radius 2 is 2.11 bits per heavy atom. The van der Waals surface area contributed by atoms with E-state index < -0.39 is 0 Å². The molecule has 1 atom stereocenters. The third-order valence-corrected chi connectivity index (χ3v) is 2.02. The van der Waals surface area contributed by atoms with E-state index in [0.29, 0.717) is 0 Å². The summed E-state index contributed by atoms with van der Waals surface area (Å²) in [6, 6.07) is 0. The number of rotatable bonds is 0. The lowest BCUT2D eigenvalue weighted by Crippen LogP contribution is -1.94. The van der Waals surface area contributed by atoms with E-state index in [1.54, 1.807) is 0 Å². The van der Waals surface area contributed by atoms with Gasteiger partial charge in [-0.3, -0.25) is 0 Å². The zero-order valence-corrected chi connectivity index (χ0v) is 7.37. The van der Waals surface area contributed by atoms with Gasteiger partial charge in [0.2, 0.25) is 0 Å². The first-order valence-electron chi connectivity index (χ1n) is 3.68. The van der Waals surface area contributed by atoms with Crippen LogP contribution in [-0.4, -0.2) is 5.75 Å². The van der Waals surface area contributed by atoms with Crippen molar-refractivity contribution < 1.29 is 0 Å². The van der Waals surface area contributed by atoms with Crippen LogP contribution in [0.25, 0.3) is 0 Å². The lowest BCUT2D eigenvalue weighted by atomic mass is 10.1. The Kier molecular flexibility index (Phi) is 6.28. The Hall–Kier alpha value is 0.0900. The topological polar surface area (TPSA) is 0 Å². The van der Waals surface area contributed by atoms with E-state index in [2.05, 4.69) is 18.4 Å². The molecule has 0 bridgehead atoms. The molecule has 0 aromatic heterocycles. The maximum absolute atomic E-state index is 2.27. The molecule has 1 heterocycles. The highest BCUT2D eigenvalue weighted by atomic mass is 32.2. The summed E-state index contributed by atoms with van der Waals surface area (Å²) in [7, 11) is 0. The van der Waals surface area contributed by atoms with Gasteiger partial charge in [0.1, 0.15) is 0 Å². The highest BCUT2D eigenvalue weighted by molar-refractivity contribution is 8.02. The van der Waals surface area contributed by atoms with Gasteiger partial charge in [0, 0.05) is 0 Å². The molecule has 0 spiro atoms. The van der Waals surface area contributed by atoms with Crippen LogP contribution in [0, 0.1) is 5.92 Å². The van der Waals surface area contributed by atoms with Crippen molar-refractivity contribution in [1.82, 2.24) is 0 Å². The van der Waals surface area contributed by atoms with Crippen molar-refractivity contribution in [2.45, 2.75) is 27.2 Å². The lowest BCUT2D eigenvalue weighted by molar-refractivity contribution is 0.702. The monoisotopic (exact) mass is 144 g/mol. The van der Waals surface area contributed by atoms with Gasteiger partial charge in [-0.2, -0.15) is 0 Å². The van der Waals surface area contributed by atoms with E-state index in [4.69, 9.17) is 0 Å². The molecule has 9 heavy (non-hydrogen) atoms. The van der Waals surface area contributed by atoms with E-state index in [1.807, 2.05) is 25.6 Å². The minimum Gasteiger partial charge on any atom is -0.134 e. The molecular formula is C8H16S. The van der Waals surface area contributed by atoms with Crippen molar-refractivity contribution in [3.05, 3.63) is 11.5 Å². The molecule has 0 aromatic rings. The van der Waals surface area contributed by atoms with Gasteiger partial charge in [0.05, 0.1) is 0 Å². The molecule has 0 aromatic carbocycles. The van der Waals surface area contributed by atoms with Crippen LogP contribution in [0.2, 0.25) is 0 Å². The summed E-state index contributed by atoms with van der Waals surface area (Å²) in [5.41, 5.74) is 0. The van der Waals surface area contributed by atoms with Crippen LogP contribution < -0.4 is 0 Å². The zero-order chi connectivity index (χ0) is 7.11. The molecule has 1 unspecified atom stereocenters. The Morgan fingerprint density at radius 3 is 2.33 bits per heavy atom. The average Bonchev–Trinajstić information content (AvgIpc) is 1.94. The van der Waals surface area contributed by atoms with Crippen LogP contribution in [0.15, 0.2) is 11.5 Å². The first kappa shape index (κ1) is 9.09. The Balaban J connectivity index is 0.000000291. The third kappa shape index (κ3) is 4.58. The molecule has 0 fully saturated rings. The minimum absolute atomic E-state index is 0.834. The molecule has 1 rings (SSSR count). The van der Waals surface area contributed by atoms with E-state index in [-0.39, 0.29) is 0 Å². The molecule has 1 aliphatic rings. The molecule has 0 saturated heterocycles. The average molecular weight is 144 g/mol. The van der Waals surface area contributed by atoms with Gasteiger partial charge in [0.15, 0.2) is 0 Å². The van der Waals surface area contributed by atoms with Gasteiger partial charge in [-0.1, -0.05) is 26.8 Å². The number of hydrogen-bond donors (Lipinski definition) is 0. The molecule has 0 N–H and O–H groups in total. The van der Waals surface area contributed by atoms with Gasteiger partial charge in [0.25, 0.3) is 0 Å². The second-order valence-corrected chi connectivity index (χ2v) is 2.98. The lowest BCUT2D eigenvalue weighted by Gasteiger charge is -2.07. The van der Waals surface area contributed by atoms with E-state index in [9.17, 15) is 0 Å². The summed E-state index contributed by atoms with van der Waals surface area (Å²) < 4.78 is 0. The largest absolute Gasteiger partial charge is 0.134 e. The van der Waals surface area contributed by atoms with Crippen molar-refractivity contribution in [3.63, 3.8) is 0 Å². The molecule has 1 heteroatoms. The maximum atomic E-state index is 2.27. The molecule has 1 aliphatic heterocycles. The van der Waals surface area contributed by atoms with Gasteiger partial charge in [-0.25, -0.2) is 0 Å². The van der Waals surface area contributed by atoms with Crippen LogP contribution in [0.1, 0.15) is 27.2 Å². The number of allylic oxidation sites excluding steroid dienone is 1. The summed E-state index contributed by atoms with van der Waals surface area (Å²) in [5.74, 6) is 2.15. The van der Waals surface area contributed by atoms with Crippen LogP contribution >= 0.6 is 11.8 Å². The highest BCUT2D eigenvalue weighted by Crippen LogP contribution is 2.18. The van der Waals surface area contributed by atoms with Crippen LogP contribution in [0.3, 0.4) is 0 Å². The van der Waals surface area contributed by atoms with Crippen molar-refractivity contribution in [2.75, 3.05) is 5.75 Å². The van der Waals surface area contributed by atoms with Crippen LogP contribution in [-0.2, 0) is 0 Å². The Morgan fingerprint density at radius 1 is 1.44 bits per heavy atom. The molecular weight excluding hydrogens is 128 g/mol. The second-order valence-electron chi connectivity index (χ2n) is 1.97. The fourth-order valence-corrected chi connectivity index (χ4v) is 1.63. The maximum Gasteiger partial charge on any atom is -0.00206 e. The van der Waals surface area contributed by atoms with Crippen molar-refractivity contribution in [1.29, 1.82) is 0 Å².